The van der Waals surface area contributed by atoms with Gasteiger partial charge in [-0.2, -0.15) is 4.98 Å². The smallest absolute Gasteiger partial charge is 0.225 e. The molecule has 0 atom stereocenters. The van der Waals surface area contributed by atoms with Crippen LogP contribution in [0.2, 0.25) is 0 Å². The summed E-state index contributed by atoms with van der Waals surface area (Å²) in [5.74, 6) is 2.47. The van der Waals surface area contributed by atoms with Crippen molar-refractivity contribution in [1.29, 1.82) is 0 Å². The average Bonchev–Trinajstić information content (AvgIpc) is 3.07. The standard InChI is InChI=1S/C26H36N6O/c1-16-23(28-17(2)24(16)18(3)33)15-27-14-19-10-12-20(13-11-19)29-26-30-22-9-7-6-8-21(22)25(31-26)32(4)5/h6-9,19-20,27-28H,10-15H2,1-5H3,(H,29,30,31). The quantitative estimate of drug-likeness (QED) is 0.437. The van der Waals surface area contributed by atoms with E-state index in [4.69, 9.17) is 9.97 Å². The van der Waals surface area contributed by atoms with Crippen LogP contribution in [0.25, 0.3) is 10.9 Å². The Morgan fingerprint density at radius 3 is 2.52 bits per heavy atom. The first-order valence-corrected chi connectivity index (χ1v) is 11.9. The number of Topliss-reactive ketones (excluding diaryl/α,β-unsaturated/α-hetero) is 1. The molecule has 4 rings (SSSR count). The number of rotatable bonds is 8. The second-order valence-corrected chi connectivity index (χ2v) is 9.56. The zero-order chi connectivity index (χ0) is 23.5. The molecule has 1 aliphatic rings. The molecule has 7 heteroatoms. The van der Waals surface area contributed by atoms with Gasteiger partial charge in [-0.05, 0) is 76.6 Å². The van der Waals surface area contributed by atoms with Gasteiger partial charge in [0.25, 0.3) is 0 Å². The molecule has 0 unspecified atom stereocenters. The fourth-order valence-electron chi connectivity index (χ4n) is 5.08. The lowest BCUT2D eigenvalue weighted by molar-refractivity contribution is 0.101. The fourth-order valence-corrected chi connectivity index (χ4v) is 5.08. The predicted molar refractivity (Wildman–Crippen MR) is 135 cm³/mol. The second-order valence-electron chi connectivity index (χ2n) is 9.56. The summed E-state index contributed by atoms with van der Waals surface area (Å²) in [6.07, 6.45) is 4.60. The van der Waals surface area contributed by atoms with Crippen LogP contribution >= 0.6 is 0 Å². The van der Waals surface area contributed by atoms with Crippen molar-refractivity contribution in [2.24, 2.45) is 5.92 Å². The van der Waals surface area contributed by atoms with Gasteiger partial charge in [0, 0.05) is 49.0 Å². The van der Waals surface area contributed by atoms with Crippen molar-refractivity contribution < 1.29 is 4.79 Å². The van der Waals surface area contributed by atoms with Crippen molar-refractivity contribution in [3.05, 3.63) is 46.8 Å². The van der Waals surface area contributed by atoms with Crippen LogP contribution in [0.5, 0.6) is 0 Å². The van der Waals surface area contributed by atoms with Crippen LogP contribution in [0.3, 0.4) is 0 Å². The maximum absolute atomic E-state index is 11.8. The Hall–Kier alpha value is -2.93. The number of H-pyrrole nitrogens is 1. The van der Waals surface area contributed by atoms with E-state index in [1.54, 1.807) is 6.92 Å². The molecule has 3 N–H and O–H groups in total. The molecular weight excluding hydrogens is 412 g/mol. The van der Waals surface area contributed by atoms with E-state index in [9.17, 15) is 4.79 Å². The number of benzene rings is 1. The van der Waals surface area contributed by atoms with Gasteiger partial charge in [0.2, 0.25) is 5.95 Å². The fraction of sp³-hybridized carbons (Fsp3) is 0.500. The third kappa shape index (κ3) is 5.19. The van der Waals surface area contributed by atoms with Crippen LogP contribution in [0.15, 0.2) is 24.3 Å². The van der Waals surface area contributed by atoms with E-state index in [-0.39, 0.29) is 5.78 Å². The second kappa shape index (κ2) is 9.91. The molecule has 0 saturated heterocycles. The lowest BCUT2D eigenvalue weighted by Crippen LogP contribution is -2.31. The number of anilines is 2. The first-order chi connectivity index (χ1) is 15.8. The zero-order valence-corrected chi connectivity index (χ0v) is 20.5. The minimum Gasteiger partial charge on any atom is -0.362 e. The summed E-state index contributed by atoms with van der Waals surface area (Å²) in [5, 5.41) is 8.27. The number of ketones is 1. The number of aryl methyl sites for hydroxylation is 1. The van der Waals surface area contributed by atoms with Crippen LogP contribution in [-0.2, 0) is 6.54 Å². The van der Waals surface area contributed by atoms with Gasteiger partial charge in [-0.1, -0.05) is 12.1 Å². The van der Waals surface area contributed by atoms with Crippen molar-refractivity contribution in [2.45, 2.75) is 59.0 Å². The summed E-state index contributed by atoms with van der Waals surface area (Å²) in [6, 6.07) is 8.58. The first kappa shape index (κ1) is 23.2. The number of aromatic amines is 1. The lowest BCUT2D eigenvalue weighted by Gasteiger charge is -2.29. The number of fused-ring (bicyclic) bond motifs is 1. The van der Waals surface area contributed by atoms with Crippen molar-refractivity contribution >= 4 is 28.5 Å². The number of nitrogens with one attached hydrogen (secondary N) is 3. The Labute approximate surface area is 196 Å². The minimum atomic E-state index is 0.131. The molecule has 0 amide bonds. The number of hydrogen-bond donors (Lipinski definition) is 3. The maximum atomic E-state index is 11.8. The normalized spacial score (nSPS) is 18.5. The molecule has 2 heterocycles. The molecule has 0 radical (unpaired) electrons. The Morgan fingerprint density at radius 2 is 1.85 bits per heavy atom. The monoisotopic (exact) mass is 448 g/mol. The molecule has 33 heavy (non-hydrogen) atoms. The number of carbonyl (C=O) groups is 1. The molecule has 3 aromatic rings. The van der Waals surface area contributed by atoms with Crippen LogP contribution in [0, 0.1) is 19.8 Å². The van der Waals surface area contributed by atoms with Crippen LogP contribution in [-0.4, -0.2) is 47.4 Å². The third-order valence-corrected chi connectivity index (χ3v) is 6.81. The highest BCUT2D eigenvalue weighted by molar-refractivity contribution is 5.97. The van der Waals surface area contributed by atoms with Gasteiger partial charge in [0.15, 0.2) is 5.78 Å². The summed E-state index contributed by atoms with van der Waals surface area (Å²) in [4.78, 5) is 26.8. The highest BCUT2D eigenvalue weighted by atomic mass is 16.1. The van der Waals surface area contributed by atoms with E-state index in [2.05, 4.69) is 21.7 Å². The number of para-hydroxylation sites is 1. The summed E-state index contributed by atoms with van der Waals surface area (Å²) in [7, 11) is 4.04. The van der Waals surface area contributed by atoms with E-state index in [0.29, 0.717) is 12.0 Å². The SMILES string of the molecule is CC(=O)c1c(C)[nH]c(CNCC2CCC(Nc3nc(N(C)C)c4ccccc4n3)CC2)c1C. The molecule has 1 aromatic carbocycles. The summed E-state index contributed by atoms with van der Waals surface area (Å²) in [5.41, 5.74) is 4.98. The predicted octanol–water partition coefficient (Wildman–Crippen LogP) is 4.60. The largest absolute Gasteiger partial charge is 0.362 e. The number of hydrogen-bond acceptors (Lipinski definition) is 6. The van der Waals surface area contributed by atoms with Gasteiger partial charge in [-0.15, -0.1) is 0 Å². The summed E-state index contributed by atoms with van der Waals surface area (Å²) >= 11 is 0. The average molecular weight is 449 g/mol. The van der Waals surface area contributed by atoms with Crippen LogP contribution < -0.4 is 15.5 Å². The van der Waals surface area contributed by atoms with Gasteiger partial charge >= 0.3 is 0 Å². The molecule has 1 fully saturated rings. The Balaban J connectivity index is 1.29. The van der Waals surface area contributed by atoms with Crippen molar-refractivity contribution in [1.82, 2.24) is 20.3 Å². The maximum Gasteiger partial charge on any atom is 0.225 e. The number of nitrogens with zero attached hydrogens (tertiary/aromatic N) is 3. The van der Waals surface area contributed by atoms with Crippen molar-refractivity contribution in [3.8, 4) is 0 Å². The molecule has 1 saturated carbocycles. The number of carbonyl (C=O) groups excluding carboxylic acids is 1. The number of aromatic nitrogens is 3. The van der Waals surface area contributed by atoms with E-state index in [1.807, 2.05) is 51.0 Å². The Bertz CT molecular complexity index is 1130. The van der Waals surface area contributed by atoms with Gasteiger partial charge in [-0.3, -0.25) is 4.79 Å². The van der Waals surface area contributed by atoms with E-state index in [1.165, 1.54) is 12.8 Å². The molecular formula is C26H36N6O. The Morgan fingerprint density at radius 1 is 1.12 bits per heavy atom. The molecule has 0 bridgehead atoms. The van der Waals surface area contributed by atoms with Gasteiger partial charge in [-0.25, -0.2) is 4.98 Å². The van der Waals surface area contributed by atoms with Crippen LogP contribution in [0.1, 0.15) is 59.9 Å². The van der Waals surface area contributed by atoms with Crippen molar-refractivity contribution in [2.75, 3.05) is 30.9 Å². The summed E-state index contributed by atoms with van der Waals surface area (Å²) < 4.78 is 0. The molecule has 7 nitrogen and oxygen atoms in total. The van der Waals surface area contributed by atoms with Crippen molar-refractivity contribution in [3.63, 3.8) is 0 Å². The van der Waals surface area contributed by atoms with E-state index in [0.717, 1.165) is 71.1 Å². The van der Waals surface area contributed by atoms with E-state index >= 15 is 0 Å². The van der Waals surface area contributed by atoms with Gasteiger partial charge in [0.05, 0.1) is 5.52 Å². The lowest BCUT2D eigenvalue weighted by atomic mass is 9.86. The van der Waals surface area contributed by atoms with Crippen LogP contribution in [0.4, 0.5) is 11.8 Å². The molecule has 176 valence electrons. The highest BCUT2D eigenvalue weighted by Crippen LogP contribution is 2.28. The van der Waals surface area contributed by atoms with E-state index < -0.39 is 0 Å². The molecule has 1 aliphatic carbocycles. The topological polar surface area (TPSA) is 85.9 Å². The van der Waals surface area contributed by atoms with Gasteiger partial charge in [0.1, 0.15) is 5.82 Å². The highest BCUT2D eigenvalue weighted by Gasteiger charge is 2.22. The summed E-state index contributed by atoms with van der Waals surface area (Å²) in [6.45, 7) is 7.41. The van der Waals surface area contributed by atoms with Gasteiger partial charge < -0.3 is 20.5 Å². The first-order valence-electron chi connectivity index (χ1n) is 11.9. The molecule has 0 spiro atoms. The minimum absolute atomic E-state index is 0.131. The molecule has 0 aliphatic heterocycles. The third-order valence-electron chi connectivity index (χ3n) is 6.81. The zero-order valence-electron chi connectivity index (χ0n) is 20.5. The molecule has 2 aromatic heterocycles. The Kier molecular flexibility index (Phi) is 6.98.